The zero-order valence-electron chi connectivity index (χ0n) is 13.1. The SMILES string of the molecule is COc1ccc(CCNC(=O)CCn2cncn2)cc1OC(F)F. The molecule has 0 aliphatic rings. The topological polar surface area (TPSA) is 78.3 Å². The zero-order chi connectivity index (χ0) is 17.4. The summed E-state index contributed by atoms with van der Waals surface area (Å²) in [7, 11) is 1.38. The molecular formula is C15H18F2N4O3. The van der Waals surface area contributed by atoms with Crippen molar-refractivity contribution in [1.29, 1.82) is 0 Å². The summed E-state index contributed by atoms with van der Waals surface area (Å²) < 4.78 is 35.7. The van der Waals surface area contributed by atoms with Gasteiger partial charge in [-0.1, -0.05) is 6.07 Å². The second kappa shape index (κ2) is 8.80. The first kappa shape index (κ1) is 17.6. The van der Waals surface area contributed by atoms with E-state index in [1.165, 1.54) is 25.8 Å². The minimum Gasteiger partial charge on any atom is -0.493 e. The highest BCUT2D eigenvalue weighted by molar-refractivity contribution is 5.75. The van der Waals surface area contributed by atoms with E-state index in [4.69, 9.17) is 4.74 Å². The molecule has 0 spiro atoms. The van der Waals surface area contributed by atoms with E-state index < -0.39 is 6.61 Å². The second-order valence-corrected chi connectivity index (χ2v) is 4.87. The summed E-state index contributed by atoms with van der Waals surface area (Å²) in [5.74, 6) is 0.0847. The molecule has 130 valence electrons. The lowest BCUT2D eigenvalue weighted by molar-refractivity contribution is -0.121. The maximum atomic E-state index is 12.4. The molecule has 0 saturated heterocycles. The summed E-state index contributed by atoms with van der Waals surface area (Å²) >= 11 is 0. The van der Waals surface area contributed by atoms with Crippen LogP contribution in [-0.2, 0) is 17.8 Å². The highest BCUT2D eigenvalue weighted by Gasteiger charge is 2.11. The van der Waals surface area contributed by atoms with Gasteiger partial charge in [-0.2, -0.15) is 13.9 Å². The molecule has 0 atom stereocenters. The maximum Gasteiger partial charge on any atom is 0.387 e. The first-order valence-electron chi connectivity index (χ1n) is 7.29. The molecule has 2 aromatic rings. The van der Waals surface area contributed by atoms with Crippen molar-refractivity contribution in [2.24, 2.45) is 0 Å². The van der Waals surface area contributed by atoms with Crippen LogP contribution in [0.25, 0.3) is 0 Å². The Balaban J connectivity index is 1.79. The first-order valence-corrected chi connectivity index (χ1v) is 7.29. The Morgan fingerprint density at radius 3 is 2.88 bits per heavy atom. The van der Waals surface area contributed by atoms with E-state index in [-0.39, 0.29) is 23.8 Å². The first-order chi connectivity index (χ1) is 11.6. The molecule has 1 aromatic heterocycles. The Morgan fingerprint density at radius 2 is 2.21 bits per heavy atom. The van der Waals surface area contributed by atoms with Crippen LogP contribution in [-0.4, -0.2) is 40.9 Å². The van der Waals surface area contributed by atoms with Crippen molar-refractivity contribution >= 4 is 5.91 Å². The van der Waals surface area contributed by atoms with Gasteiger partial charge in [0, 0.05) is 13.0 Å². The van der Waals surface area contributed by atoms with E-state index in [9.17, 15) is 13.6 Å². The number of alkyl halides is 2. The molecule has 1 aromatic carbocycles. The second-order valence-electron chi connectivity index (χ2n) is 4.87. The highest BCUT2D eigenvalue weighted by Crippen LogP contribution is 2.29. The molecule has 1 amide bonds. The lowest BCUT2D eigenvalue weighted by atomic mass is 10.1. The van der Waals surface area contributed by atoms with Crippen LogP contribution in [0.3, 0.4) is 0 Å². The predicted octanol–water partition coefficient (Wildman–Crippen LogP) is 1.64. The summed E-state index contributed by atoms with van der Waals surface area (Å²) in [6, 6.07) is 4.77. The molecule has 7 nitrogen and oxygen atoms in total. The minimum absolute atomic E-state index is 0.0255. The number of methoxy groups -OCH3 is 1. The molecule has 0 unspecified atom stereocenters. The fourth-order valence-electron chi connectivity index (χ4n) is 2.06. The number of ether oxygens (including phenoxy) is 2. The quantitative estimate of drug-likeness (QED) is 0.751. The highest BCUT2D eigenvalue weighted by atomic mass is 19.3. The van der Waals surface area contributed by atoms with Gasteiger partial charge in [-0.25, -0.2) is 4.98 Å². The molecule has 1 N–H and O–H groups in total. The normalized spacial score (nSPS) is 10.7. The van der Waals surface area contributed by atoms with Gasteiger partial charge in [0.2, 0.25) is 5.91 Å². The summed E-state index contributed by atoms with van der Waals surface area (Å²) in [4.78, 5) is 15.5. The Bertz CT molecular complexity index is 650. The number of benzene rings is 1. The third-order valence-electron chi connectivity index (χ3n) is 3.21. The molecule has 0 bridgehead atoms. The van der Waals surface area contributed by atoms with Crippen LogP contribution in [0.4, 0.5) is 8.78 Å². The predicted molar refractivity (Wildman–Crippen MR) is 81.0 cm³/mol. The fourth-order valence-corrected chi connectivity index (χ4v) is 2.06. The molecule has 0 aliphatic heterocycles. The Kier molecular flexibility index (Phi) is 6.47. The van der Waals surface area contributed by atoms with E-state index in [2.05, 4.69) is 20.1 Å². The number of amides is 1. The molecular weight excluding hydrogens is 322 g/mol. The third-order valence-corrected chi connectivity index (χ3v) is 3.21. The van der Waals surface area contributed by atoms with E-state index >= 15 is 0 Å². The number of carbonyl (C=O) groups excluding carboxylic acids is 1. The standard InChI is InChI=1S/C15H18F2N4O3/c1-23-12-3-2-11(8-13(12)24-15(16)17)4-6-19-14(22)5-7-21-10-18-9-20-21/h2-3,8-10,15H,4-7H2,1H3,(H,19,22). The van der Waals surface area contributed by atoms with E-state index in [0.29, 0.717) is 19.5 Å². The van der Waals surface area contributed by atoms with Gasteiger partial charge in [0.15, 0.2) is 11.5 Å². The number of carbonyl (C=O) groups is 1. The number of nitrogens with one attached hydrogen (secondary N) is 1. The molecule has 9 heteroatoms. The van der Waals surface area contributed by atoms with Crippen LogP contribution in [0, 0.1) is 0 Å². The number of nitrogens with zero attached hydrogens (tertiary/aromatic N) is 3. The molecule has 0 saturated carbocycles. The van der Waals surface area contributed by atoms with Crippen LogP contribution in [0.2, 0.25) is 0 Å². The molecule has 0 aliphatic carbocycles. The van der Waals surface area contributed by atoms with Crippen molar-refractivity contribution < 1.29 is 23.0 Å². The third kappa shape index (κ3) is 5.49. The van der Waals surface area contributed by atoms with Gasteiger partial charge in [0.1, 0.15) is 12.7 Å². The van der Waals surface area contributed by atoms with Gasteiger partial charge in [-0.15, -0.1) is 0 Å². The summed E-state index contributed by atoms with van der Waals surface area (Å²) in [5.41, 5.74) is 0.753. The van der Waals surface area contributed by atoms with Crippen molar-refractivity contribution in [3.8, 4) is 11.5 Å². The maximum absolute atomic E-state index is 12.4. The van der Waals surface area contributed by atoms with Crippen LogP contribution >= 0.6 is 0 Å². The van der Waals surface area contributed by atoms with E-state index in [1.54, 1.807) is 16.8 Å². The molecule has 0 fully saturated rings. The summed E-state index contributed by atoms with van der Waals surface area (Å²) in [6.07, 6.45) is 3.71. The van der Waals surface area contributed by atoms with Crippen LogP contribution < -0.4 is 14.8 Å². The largest absolute Gasteiger partial charge is 0.493 e. The zero-order valence-corrected chi connectivity index (χ0v) is 13.1. The van der Waals surface area contributed by atoms with Gasteiger partial charge in [0.05, 0.1) is 13.7 Å². The molecule has 1 heterocycles. The van der Waals surface area contributed by atoms with Crippen LogP contribution in [0.1, 0.15) is 12.0 Å². The van der Waals surface area contributed by atoms with E-state index in [1.807, 2.05) is 0 Å². The van der Waals surface area contributed by atoms with Crippen molar-refractivity contribution in [2.75, 3.05) is 13.7 Å². The number of aryl methyl sites for hydroxylation is 1. The van der Waals surface area contributed by atoms with Crippen molar-refractivity contribution in [1.82, 2.24) is 20.1 Å². The number of hydrogen-bond donors (Lipinski definition) is 1. The van der Waals surface area contributed by atoms with Gasteiger partial charge < -0.3 is 14.8 Å². The van der Waals surface area contributed by atoms with Crippen molar-refractivity contribution in [2.45, 2.75) is 26.0 Å². The van der Waals surface area contributed by atoms with Gasteiger partial charge in [-0.3, -0.25) is 9.48 Å². The summed E-state index contributed by atoms with van der Waals surface area (Å²) in [6.45, 7) is -2.09. The lowest BCUT2D eigenvalue weighted by Gasteiger charge is -2.12. The average Bonchev–Trinajstić information content (AvgIpc) is 3.06. The van der Waals surface area contributed by atoms with Crippen LogP contribution in [0.15, 0.2) is 30.9 Å². The lowest BCUT2D eigenvalue weighted by Crippen LogP contribution is -2.26. The number of halogens is 2. The molecule has 0 radical (unpaired) electrons. The Hall–Kier alpha value is -2.71. The van der Waals surface area contributed by atoms with E-state index in [0.717, 1.165) is 5.56 Å². The minimum atomic E-state index is -2.93. The molecule has 24 heavy (non-hydrogen) atoms. The van der Waals surface area contributed by atoms with Crippen molar-refractivity contribution in [3.05, 3.63) is 36.4 Å². The number of aromatic nitrogens is 3. The number of rotatable bonds is 9. The average molecular weight is 340 g/mol. The Labute approximate surface area is 137 Å². The summed E-state index contributed by atoms with van der Waals surface area (Å²) in [5, 5.41) is 6.67. The number of hydrogen-bond acceptors (Lipinski definition) is 5. The van der Waals surface area contributed by atoms with Crippen LogP contribution in [0.5, 0.6) is 11.5 Å². The van der Waals surface area contributed by atoms with Crippen molar-refractivity contribution in [3.63, 3.8) is 0 Å². The smallest absolute Gasteiger partial charge is 0.387 e. The Morgan fingerprint density at radius 1 is 1.38 bits per heavy atom. The van der Waals surface area contributed by atoms with Gasteiger partial charge in [-0.05, 0) is 24.1 Å². The van der Waals surface area contributed by atoms with Gasteiger partial charge in [0.25, 0.3) is 0 Å². The van der Waals surface area contributed by atoms with Gasteiger partial charge >= 0.3 is 6.61 Å². The fraction of sp³-hybridized carbons (Fsp3) is 0.400. The molecule has 2 rings (SSSR count). The monoisotopic (exact) mass is 340 g/mol.